The second kappa shape index (κ2) is 9.45. The molecule has 0 aliphatic carbocycles. The quantitative estimate of drug-likeness (QED) is 0.348. The van der Waals surface area contributed by atoms with Crippen LogP contribution in [0, 0.1) is 38.5 Å². The van der Waals surface area contributed by atoms with Gasteiger partial charge in [-0.1, -0.05) is 35.9 Å². The first kappa shape index (κ1) is 22.1. The minimum Gasteiger partial charge on any atom is -0.402 e. The van der Waals surface area contributed by atoms with Crippen LogP contribution in [0.15, 0.2) is 46.8 Å². The van der Waals surface area contributed by atoms with E-state index in [0.29, 0.717) is 10.6 Å². The summed E-state index contributed by atoms with van der Waals surface area (Å²) in [7, 11) is 0. The molecule has 0 aliphatic heterocycles. The standard InChI is InChI=1S/C23H26N4OS2/c1-14-5-7-18(8-6-14)21(24)26-23(29)28-20-12-15(2)19(11-16(20)3)9-10-27-17(4)13-30-22(27)25/h5-8,11-13,25H,9-10H2,1-4H3,(H2,24,26,29)/p+1. The maximum atomic E-state index is 8.17. The first-order chi connectivity index (χ1) is 14.2. The van der Waals surface area contributed by atoms with Gasteiger partial charge in [0.05, 0.1) is 12.6 Å². The molecule has 0 atom stereocenters. The molecule has 0 aliphatic rings. The predicted molar refractivity (Wildman–Crippen MR) is 129 cm³/mol. The molecule has 5 nitrogen and oxygen atoms in total. The number of nitrogens with one attached hydrogen (secondary N) is 2. The van der Waals surface area contributed by atoms with Gasteiger partial charge in [0.15, 0.2) is 10.6 Å². The van der Waals surface area contributed by atoms with E-state index in [2.05, 4.69) is 30.6 Å². The number of hydrogen-bond acceptors (Lipinski definition) is 4. The van der Waals surface area contributed by atoms with E-state index < -0.39 is 0 Å². The number of aryl methyl sites for hydroxylation is 5. The van der Waals surface area contributed by atoms with Crippen molar-refractivity contribution in [1.82, 2.24) is 4.57 Å². The van der Waals surface area contributed by atoms with Gasteiger partial charge in [0, 0.05) is 23.2 Å². The molecular formula is C23H27N4OS2+. The molecule has 0 amide bonds. The van der Waals surface area contributed by atoms with Gasteiger partial charge in [0.1, 0.15) is 5.75 Å². The lowest BCUT2D eigenvalue weighted by Gasteiger charge is -2.12. The zero-order valence-corrected chi connectivity index (χ0v) is 19.5. The van der Waals surface area contributed by atoms with Gasteiger partial charge in [-0.2, -0.15) is 0 Å². The summed E-state index contributed by atoms with van der Waals surface area (Å²) in [4.78, 5) is 4.80. The van der Waals surface area contributed by atoms with Crippen LogP contribution >= 0.6 is 11.3 Å². The molecule has 30 heavy (non-hydrogen) atoms. The highest BCUT2D eigenvalue weighted by molar-refractivity contribution is 7.77. The molecular weight excluding hydrogens is 412 g/mol. The Bertz CT molecular complexity index is 1160. The van der Waals surface area contributed by atoms with Crippen molar-refractivity contribution in [3.8, 4) is 5.75 Å². The van der Waals surface area contributed by atoms with Crippen LogP contribution in [0.1, 0.15) is 33.5 Å². The third kappa shape index (κ3) is 5.29. The zero-order valence-electron chi connectivity index (χ0n) is 17.7. The van der Waals surface area contributed by atoms with Gasteiger partial charge >= 0.3 is 5.23 Å². The van der Waals surface area contributed by atoms with Gasteiger partial charge in [0.2, 0.25) is 0 Å². The first-order valence-corrected chi connectivity index (χ1v) is 11.1. The Morgan fingerprint density at radius 3 is 2.43 bits per heavy atom. The van der Waals surface area contributed by atoms with E-state index in [0.717, 1.165) is 40.9 Å². The average molecular weight is 440 g/mol. The summed E-state index contributed by atoms with van der Waals surface area (Å²) in [5.41, 5.74) is 6.36. The van der Waals surface area contributed by atoms with Gasteiger partial charge in [0.25, 0.3) is 0 Å². The van der Waals surface area contributed by atoms with Crippen molar-refractivity contribution in [2.45, 2.75) is 40.7 Å². The van der Waals surface area contributed by atoms with Crippen LogP contribution in [0.2, 0.25) is 0 Å². The molecule has 156 valence electrons. The van der Waals surface area contributed by atoms with Gasteiger partial charge < -0.3 is 9.30 Å². The third-order valence-corrected chi connectivity index (χ3v) is 6.11. The zero-order chi connectivity index (χ0) is 21.8. The molecule has 1 aromatic heterocycles. The summed E-state index contributed by atoms with van der Waals surface area (Å²) in [6, 6.07) is 11.8. The van der Waals surface area contributed by atoms with E-state index in [9.17, 15) is 0 Å². The minimum atomic E-state index is 0.139. The number of benzene rings is 2. The molecule has 0 saturated heterocycles. The molecule has 3 aromatic rings. The topological polar surface area (TPSA) is 74.2 Å². The molecule has 0 radical (unpaired) electrons. The molecule has 0 bridgehead atoms. The fraction of sp³-hybridized carbons (Fsp3) is 0.261. The predicted octanol–water partition coefficient (Wildman–Crippen LogP) is 4.28. The van der Waals surface area contributed by atoms with E-state index in [-0.39, 0.29) is 11.1 Å². The fourth-order valence-electron chi connectivity index (χ4n) is 3.17. The van der Waals surface area contributed by atoms with Crippen LogP contribution < -0.4 is 9.54 Å². The van der Waals surface area contributed by atoms with Crippen LogP contribution in [0.25, 0.3) is 0 Å². The Labute approximate surface area is 186 Å². The highest BCUT2D eigenvalue weighted by Crippen LogP contribution is 2.24. The summed E-state index contributed by atoms with van der Waals surface area (Å²) >= 11 is 4.86. The number of nitrogens with zero attached hydrogens (tertiary/aromatic N) is 2. The van der Waals surface area contributed by atoms with E-state index >= 15 is 0 Å². The Morgan fingerprint density at radius 2 is 1.80 bits per heavy atom. The second-order valence-electron chi connectivity index (χ2n) is 7.36. The van der Waals surface area contributed by atoms with Crippen molar-refractivity contribution >= 4 is 35.0 Å². The lowest BCUT2D eigenvalue weighted by molar-refractivity contribution is 0.561. The third-order valence-electron chi connectivity index (χ3n) is 5.00. The number of amidine groups is 1. The van der Waals surface area contributed by atoms with Gasteiger partial charge in [-0.25, -0.2) is 0 Å². The van der Waals surface area contributed by atoms with Gasteiger partial charge in [-0.15, -0.1) is 16.3 Å². The van der Waals surface area contributed by atoms with Crippen molar-refractivity contribution in [3.05, 3.63) is 80.1 Å². The van der Waals surface area contributed by atoms with Crippen molar-refractivity contribution in [1.29, 1.82) is 10.8 Å². The lowest BCUT2D eigenvalue weighted by atomic mass is 10.0. The molecule has 0 spiro atoms. The largest absolute Gasteiger partial charge is 0.414 e. The maximum absolute atomic E-state index is 8.17. The van der Waals surface area contributed by atoms with Crippen LogP contribution in [0.5, 0.6) is 5.75 Å². The first-order valence-electron chi connectivity index (χ1n) is 9.68. The number of aliphatic imine (C=N–C) groups is 1. The van der Waals surface area contributed by atoms with Crippen molar-refractivity contribution in [2.24, 2.45) is 4.99 Å². The van der Waals surface area contributed by atoms with Crippen LogP contribution in [-0.2, 0) is 25.6 Å². The highest BCUT2D eigenvalue weighted by Gasteiger charge is 2.12. The minimum absolute atomic E-state index is 0.139. The lowest BCUT2D eigenvalue weighted by Crippen LogP contribution is -2.16. The van der Waals surface area contributed by atoms with E-state index in [4.69, 9.17) is 15.6 Å². The van der Waals surface area contributed by atoms with E-state index in [1.165, 1.54) is 16.9 Å². The summed E-state index contributed by atoms with van der Waals surface area (Å²) in [5, 5.41) is 18.5. The molecule has 2 aromatic carbocycles. The number of hydrogen-bond donors (Lipinski definition) is 2. The summed E-state index contributed by atoms with van der Waals surface area (Å²) < 4.78 is 7.91. The SMILES string of the molecule is Cc1ccc(C(=N)N=C([SH2+])Oc2cc(C)c(CCn3c(C)csc3=N)cc2C)cc1. The summed E-state index contributed by atoms with van der Waals surface area (Å²) in [6.45, 7) is 8.90. The van der Waals surface area contributed by atoms with Crippen molar-refractivity contribution < 1.29 is 4.74 Å². The van der Waals surface area contributed by atoms with Crippen LogP contribution in [0.3, 0.4) is 0 Å². The van der Waals surface area contributed by atoms with E-state index in [1.807, 2.05) is 61.1 Å². The van der Waals surface area contributed by atoms with Gasteiger partial charge in [-0.05, 0) is 56.9 Å². The molecule has 1 heterocycles. The number of thiazole rings is 1. The second-order valence-corrected chi connectivity index (χ2v) is 8.65. The molecule has 0 fully saturated rings. The number of rotatable bonds is 5. The van der Waals surface area contributed by atoms with Crippen molar-refractivity contribution in [2.75, 3.05) is 0 Å². The summed E-state index contributed by atoms with van der Waals surface area (Å²) in [5.74, 6) is 0.850. The Morgan fingerprint density at radius 1 is 1.10 bits per heavy atom. The van der Waals surface area contributed by atoms with E-state index in [1.54, 1.807) is 0 Å². The van der Waals surface area contributed by atoms with Crippen LogP contribution in [0.4, 0.5) is 0 Å². The molecule has 7 heteroatoms. The van der Waals surface area contributed by atoms with Crippen LogP contribution in [-0.4, -0.2) is 15.6 Å². The molecule has 0 saturated carbocycles. The van der Waals surface area contributed by atoms with Gasteiger partial charge in [-0.3, -0.25) is 10.8 Å². The molecule has 2 N–H and O–H groups in total. The Hall–Kier alpha value is -2.64. The average Bonchev–Trinajstić information content (AvgIpc) is 3.01. The molecule has 0 unspecified atom stereocenters. The maximum Gasteiger partial charge on any atom is 0.414 e. The Kier molecular flexibility index (Phi) is 6.95. The smallest absolute Gasteiger partial charge is 0.402 e. The Balaban J connectivity index is 1.72. The fourth-order valence-corrected chi connectivity index (χ4v) is 4.17. The number of ether oxygens (including phenoxy) is 1. The normalized spacial score (nSPS) is 11.6. The highest BCUT2D eigenvalue weighted by atomic mass is 32.1. The van der Waals surface area contributed by atoms with Crippen molar-refractivity contribution in [3.63, 3.8) is 0 Å². The summed E-state index contributed by atoms with van der Waals surface area (Å²) in [6.07, 6.45) is 0.855. The molecule has 3 rings (SSSR count). The monoisotopic (exact) mass is 439 g/mol. The number of aromatic nitrogens is 1.